The van der Waals surface area contributed by atoms with Gasteiger partial charge >= 0.3 is 5.82 Å². The Morgan fingerprint density at radius 2 is 2.03 bits per heavy atom. The van der Waals surface area contributed by atoms with Crippen LogP contribution in [0.1, 0.15) is 0 Å². The number of aromatic nitrogens is 5. The number of nitro groups is 1. The van der Waals surface area contributed by atoms with E-state index in [2.05, 4.69) is 25.5 Å². The van der Waals surface area contributed by atoms with Crippen molar-refractivity contribution in [3.05, 3.63) is 63.3 Å². The van der Waals surface area contributed by atoms with Crippen molar-refractivity contribution in [2.24, 2.45) is 7.05 Å². The van der Waals surface area contributed by atoms with E-state index in [-0.39, 0.29) is 39.8 Å². The highest BCUT2D eigenvalue weighted by Gasteiger charge is 2.22. The molecular formula is C17H10ClF2N7O3. The van der Waals surface area contributed by atoms with Crippen LogP contribution in [0.4, 0.5) is 26.1 Å². The van der Waals surface area contributed by atoms with Crippen LogP contribution < -0.4 is 5.32 Å². The first kappa shape index (κ1) is 19.4. The molecule has 0 fully saturated rings. The lowest BCUT2D eigenvalue weighted by Crippen LogP contribution is -1.97. The molecule has 3 aromatic heterocycles. The molecule has 4 rings (SSSR count). The molecule has 0 unspecified atom stereocenters. The minimum Gasteiger partial charge on any atom is -0.358 e. The van der Waals surface area contributed by atoms with Gasteiger partial charge in [0.15, 0.2) is 17.3 Å². The summed E-state index contributed by atoms with van der Waals surface area (Å²) in [6, 6.07) is 5.99. The maximum atomic E-state index is 13.3. The fourth-order valence-electron chi connectivity index (χ4n) is 2.55. The molecule has 1 aromatic carbocycles. The molecule has 1 N–H and O–H groups in total. The Labute approximate surface area is 171 Å². The van der Waals surface area contributed by atoms with Gasteiger partial charge in [0.25, 0.3) is 5.89 Å². The zero-order valence-corrected chi connectivity index (χ0v) is 15.8. The maximum absolute atomic E-state index is 13.3. The average molecular weight is 434 g/mol. The van der Waals surface area contributed by atoms with Gasteiger partial charge in [0.2, 0.25) is 5.82 Å². The molecule has 0 atom stereocenters. The molecule has 30 heavy (non-hydrogen) atoms. The lowest BCUT2D eigenvalue weighted by atomic mass is 10.2. The molecule has 0 aliphatic carbocycles. The second kappa shape index (κ2) is 7.48. The average Bonchev–Trinajstić information content (AvgIpc) is 3.33. The van der Waals surface area contributed by atoms with E-state index in [4.69, 9.17) is 16.1 Å². The van der Waals surface area contributed by atoms with Crippen LogP contribution in [0.5, 0.6) is 0 Å². The number of hydrogen-bond acceptors (Lipinski definition) is 8. The SMILES string of the molecule is Cn1nc([N+](=O)[O-])cc1-c1nc(-c2cnc(Nc3ccc(F)c(F)c3)c(Cl)c2)no1. The van der Waals surface area contributed by atoms with Crippen molar-refractivity contribution < 1.29 is 18.2 Å². The summed E-state index contributed by atoms with van der Waals surface area (Å²) in [5.74, 6) is -1.97. The van der Waals surface area contributed by atoms with E-state index in [1.165, 1.54) is 36.1 Å². The predicted octanol–water partition coefficient (Wildman–Crippen LogP) is 4.12. The highest BCUT2D eigenvalue weighted by molar-refractivity contribution is 6.33. The van der Waals surface area contributed by atoms with Gasteiger partial charge in [-0.25, -0.2) is 13.8 Å². The predicted molar refractivity (Wildman–Crippen MR) is 101 cm³/mol. The summed E-state index contributed by atoms with van der Waals surface area (Å²) in [4.78, 5) is 18.5. The molecule has 0 aliphatic heterocycles. The van der Waals surface area contributed by atoms with Crippen LogP contribution >= 0.6 is 11.6 Å². The number of nitrogens with zero attached hydrogens (tertiary/aromatic N) is 6. The molecule has 0 aliphatic rings. The topological polar surface area (TPSA) is 125 Å². The van der Waals surface area contributed by atoms with Crippen LogP contribution in [-0.2, 0) is 7.05 Å². The van der Waals surface area contributed by atoms with Gasteiger partial charge < -0.3 is 20.0 Å². The second-order valence-electron chi connectivity index (χ2n) is 6.00. The number of hydrogen-bond donors (Lipinski definition) is 1. The monoisotopic (exact) mass is 433 g/mol. The summed E-state index contributed by atoms with van der Waals surface area (Å²) < 4.78 is 32.8. The number of pyridine rings is 1. The first-order chi connectivity index (χ1) is 14.3. The summed E-state index contributed by atoms with van der Waals surface area (Å²) in [5.41, 5.74) is 0.925. The number of halogens is 3. The van der Waals surface area contributed by atoms with Crippen LogP contribution in [0.25, 0.3) is 23.0 Å². The maximum Gasteiger partial charge on any atom is 0.390 e. The van der Waals surface area contributed by atoms with E-state index < -0.39 is 16.6 Å². The molecule has 0 radical (unpaired) electrons. The Hall–Kier alpha value is -3.93. The highest BCUT2D eigenvalue weighted by Crippen LogP contribution is 2.29. The molecular weight excluding hydrogens is 424 g/mol. The standard InChI is InChI=1S/C17H10ClF2N7O3/c1-26-13(6-14(24-26)27(28)29)17-23-15(25-30-17)8-4-10(18)16(21-7-8)22-9-2-3-11(19)12(20)5-9/h2-7H,1H3,(H,21,22). The minimum atomic E-state index is -1.01. The van der Waals surface area contributed by atoms with E-state index in [0.717, 1.165) is 12.1 Å². The molecule has 13 heteroatoms. The van der Waals surface area contributed by atoms with Crippen molar-refractivity contribution in [2.45, 2.75) is 0 Å². The Morgan fingerprint density at radius 3 is 2.70 bits per heavy atom. The van der Waals surface area contributed by atoms with Crippen LogP contribution in [0.3, 0.4) is 0 Å². The van der Waals surface area contributed by atoms with Crippen molar-refractivity contribution in [2.75, 3.05) is 5.32 Å². The molecule has 152 valence electrons. The van der Waals surface area contributed by atoms with Crippen LogP contribution in [0.15, 0.2) is 41.1 Å². The second-order valence-corrected chi connectivity index (χ2v) is 6.41. The first-order valence-corrected chi connectivity index (χ1v) is 8.60. The highest BCUT2D eigenvalue weighted by atomic mass is 35.5. The lowest BCUT2D eigenvalue weighted by Gasteiger charge is -2.08. The molecule has 0 spiro atoms. The van der Waals surface area contributed by atoms with Crippen molar-refractivity contribution >= 4 is 28.9 Å². The number of anilines is 2. The van der Waals surface area contributed by atoms with Crippen molar-refractivity contribution in [3.63, 3.8) is 0 Å². The fraction of sp³-hybridized carbons (Fsp3) is 0.0588. The van der Waals surface area contributed by atoms with E-state index in [9.17, 15) is 18.9 Å². The van der Waals surface area contributed by atoms with Crippen LogP contribution in [0.2, 0.25) is 5.02 Å². The van der Waals surface area contributed by atoms with Gasteiger partial charge in [-0.05, 0) is 23.1 Å². The molecule has 0 saturated heterocycles. The summed E-state index contributed by atoms with van der Waals surface area (Å²) in [7, 11) is 1.50. The van der Waals surface area contributed by atoms with E-state index in [0.29, 0.717) is 5.56 Å². The van der Waals surface area contributed by atoms with Crippen molar-refractivity contribution in [1.82, 2.24) is 24.9 Å². The molecule has 4 aromatic rings. The third kappa shape index (κ3) is 3.67. The smallest absolute Gasteiger partial charge is 0.358 e. The van der Waals surface area contributed by atoms with Gasteiger partial charge in [0.05, 0.1) is 23.2 Å². The normalized spacial score (nSPS) is 10.9. The fourth-order valence-corrected chi connectivity index (χ4v) is 2.76. The number of benzene rings is 1. The first-order valence-electron chi connectivity index (χ1n) is 8.22. The Morgan fingerprint density at radius 1 is 1.23 bits per heavy atom. The number of nitrogens with one attached hydrogen (secondary N) is 1. The molecule has 3 heterocycles. The Bertz CT molecular complexity index is 1270. The van der Waals surface area contributed by atoms with Gasteiger partial charge in [-0.1, -0.05) is 16.8 Å². The lowest BCUT2D eigenvalue weighted by molar-refractivity contribution is -0.389. The summed E-state index contributed by atoms with van der Waals surface area (Å²) in [6.45, 7) is 0. The summed E-state index contributed by atoms with van der Waals surface area (Å²) in [6.07, 6.45) is 1.40. The van der Waals surface area contributed by atoms with Gasteiger partial charge in [0.1, 0.15) is 5.82 Å². The summed E-state index contributed by atoms with van der Waals surface area (Å²) >= 11 is 6.22. The minimum absolute atomic E-state index is 0.0215. The molecule has 0 amide bonds. The van der Waals surface area contributed by atoms with Gasteiger partial charge in [-0.15, -0.1) is 0 Å². The van der Waals surface area contributed by atoms with Gasteiger partial charge in [-0.3, -0.25) is 0 Å². The molecule has 0 bridgehead atoms. The Balaban J connectivity index is 1.59. The zero-order chi connectivity index (χ0) is 21.4. The molecule has 10 nitrogen and oxygen atoms in total. The van der Waals surface area contributed by atoms with Crippen LogP contribution in [0, 0.1) is 21.7 Å². The van der Waals surface area contributed by atoms with Crippen molar-refractivity contribution in [3.8, 4) is 23.0 Å². The van der Waals surface area contributed by atoms with E-state index in [1.807, 2.05) is 0 Å². The largest absolute Gasteiger partial charge is 0.390 e. The number of rotatable bonds is 5. The third-order valence-corrected chi connectivity index (χ3v) is 4.27. The zero-order valence-electron chi connectivity index (χ0n) is 15.0. The van der Waals surface area contributed by atoms with E-state index in [1.54, 1.807) is 0 Å². The molecule has 0 saturated carbocycles. The van der Waals surface area contributed by atoms with Crippen LogP contribution in [-0.4, -0.2) is 29.8 Å². The van der Waals surface area contributed by atoms with Gasteiger partial charge in [0, 0.05) is 23.5 Å². The third-order valence-electron chi connectivity index (χ3n) is 3.98. The van der Waals surface area contributed by atoms with E-state index >= 15 is 0 Å². The van der Waals surface area contributed by atoms with Crippen molar-refractivity contribution in [1.29, 1.82) is 0 Å². The Kier molecular flexibility index (Phi) is 4.83. The summed E-state index contributed by atoms with van der Waals surface area (Å²) in [5, 5.41) is 21.4. The number of aryl methyl sites for hydroxylation is 1. The quantitative estimate of drug-likeness (QED) is 0.368. The van der Waals surface area contributed by atoms with Gasteiger partial charge in [-0.2, -0.15) is 9.67 Å².